The van der Waals surface area contributed by atoms with Crippen molar-refractivity contribution < 1.29 is 14.3 Å². The van der Waals surface area contributed by atoms with Crippen LogP contribution < -0.4 is 20.1 Å². The van der Waals surface area contributed by atoms with E-state index in [1.54, 1.807) is 7.11 Å². The largest absolute Gasteiger partial charge is 0.493 e. The topological polar surface area (TPSA) is 59.6 Å². The quantitative estimate of drug-likeness (QED) is 0.682. The van der Waals surface area contributed by atoms with Gasteiger partial charge >= 0.3 is 0 Å². The molecule has 1 amide bonds. The number of hydrogen-bond donors (Lipinski definition) is 2. The highest BCUT2D eigenvalue weighted by molar-refractivity contribution is 5.75. The van der Waals surface area contributed by atoms with Crippen LogP contribution in [0, 0.1) is 11.8 Å². The van der Waals surface area contributed by atoms with E-state index in [9.17, 15) is 4.79 Å². The Balaban J connectivity index is 1.77. The lowest BCUT2D eigenvalue weighted by atomic mass is 10.0. The number of hydrogen-bond acceptors (Lipinski definition) is 4. The molecule has 1 heterocycles. The minimum absolute atomic E-state index is 0.114. The Morgan fingerprint density at radius 2 is 2.20 bits per heavy atom. The highest BCUT2D eigenvalue weighted by atomic mass is 16.5. The molecule has 25 heavy (non-hydrogen) atoms. The zero-order valence-corrected chi connectivity index (χ0v) is 15.8. The molecule has 0 aromatic heterocycles. The van der Waals surface area contributed by atoms with Gasteiger partial charge in [0.2, 0.25) is 5.91 Å². The Morgan fingerprint density at radius 3 is 2.88 bits per heavy atom. The fourth-order valence-electron chi connectivity index (χ4n) is 2.93. The van der Waals surface area contributed by atoms with Crippen molar-refractivity contribution in [2.45, 2.75) is 46.1 Å². The van der Waals surface area contributed by atoms with Gasteiger partial charge in [0.1, 0.15) is 0 Å². The summed E-state index contributed by atoms with van der Waals surface area (Å²) in [6.45, 7) is 7.68. The van der Waals surface area contributed by atoms with Crippen LogP contribution in [0.3, 0.4) is 0 Å². The average Bonchev–Trinajstić information content (AvgIpc) is 3.12. The Bertz CT molecular complexity index is 540. The van der Waals surface area contributed by atoms with Crippen LogP contribution in [0.2, 0.25) is 0 Å². The minimum Gasteiger partial charge on any atom is -0.493 e. The molecular weight excluding hydrogens is 316 g/mol. The van der Waals surface area contributed by atoms with E-state index < -0.39 is 0 Å². The van der Waals surface area contributed by atoms with E-state index in [-0.39, 0.29) is 5.91 Å². The number of carbonyl (C=O) groups excluding carboxylic acids is 1. The molecule has 2 N–H and O–H groups in total. The summed E-state index contributed by atoms with van der Waals surface area (Å²) in [5.74, 6) is 2.84. The Kier molecular flexibility index (Phi) is 8.06. The zero-order valence-electron chi connectivity index (χ0n) is 15.8. The molecule has 0 aliphatic carbocycles. The second kappa shape index (κ2) is 10.3. The lowest BCUT2D eigenvalue weighted by molar-refractivity contribution is -0.121. The van der Waals surface area contributed by atoms with Gasteiger partial charge in [0, 0.05) is 13.0 Å². The summed E-state index contributed by atoms with van der Waals surface area (Å²) in [5.41, 5.74) is 1.02. The number of rotatable bonds is 10. The van der Waals surface area contributed by atoms with E-state index in [0.29, 0.717) is 37.2 Å². The smallest absolute Gasteiger partial charge is 0.220 e. The summed E-state index contributed by atoms with van der Waals surface area (Å²) in [4.78, 5) is 12.0. The molecule has 5 nitrogen and oxygen atoms in total. The number of carbonyl (C=O) groups is 1. The van der Waals surface area contributed by atoms with Gasteiger partial charge in [-0.15, -0.1) is 0 Å². The lowest BCUT2D eigenvalue weighted by Gasteiger charge is -2.13. The van der Waals surface area contributed by atoms with Gasteiger partial charge in [0.05, 0.1) is 13.7 Å². The van der Waals surface area contributed by atoms with Crippen molar-refractivity contribution in [3.63, 3.8) is 0 Å². The van der Waals surface area contributed by atoms with Crippen LogP contribution in [0.4, 0.5) is 0 Å². The summed E-state index contributed by atoms with van der Waals surface area (Å²) in [6.07, 6.45) is 3.75. The van der Waals surface area contributed by atoms with Crippen LogP contribution in [0.25, 0.3) is 0 Å². The fraction of sp³-hybridized carbons (Fsp3) is 0.650. The van der Waals surface area contributed by atoms with Crippen molar-refractivity contribution in [2.75, 3.05) is 26.8 Å². The Labute approximate surface area is 151 Å². The highest BCUT2D eigenvalue weighted by Gasteiger charge is 2.15. The molecule has 140 valence electrons. The minimum atomic E-state index is 0.114. The molecule has 1 aromatic rings. The molecule has 1 unspecified atom stereocenters. The van der Waals surface area contributed by atoms with E-state index in [4.69, 9.17) is 9.47 Å². The zero-order chi connectivity index (χ0) is 18.1. The summed E-state index contributed by atoms with van der Waals surface area (Å²) in [6, 6.07) is 5.84. The average molecular weight is 348 g/mol. The van der Waals surface area contributed by atoms with E-state index >= 15 is 0 Å². The van der Waals surface area contributed by atoms with Crippen LogP contribution in [0.5, 0.6) is 11.5 Å². The molecule has 0 saturated carbocycles. The first-order valence-electron chi connectivity index (χ1n) is 9.35. The number of ether oxygens (including phenoxy) is 2. The van der Waals surface area contributed by atoms with Crippen LogP contribution in [0.1, 0.15) is 45.1 Å². The van der Waals surface area contributed by atoms with Crippen molar-refractivity contribution in [1.29, 1.82) is 0 Å². The SMILES string of the molecule is COc1cc(CNC(=O)CCC2CCNC2)ccc1OCCC(C)C. The third-order valence-electron chi connectivity index (χ3n) is 4.61. The van der Waals surface area contributed by atoms with Gasteiger partial charge in [-0.25, -0.2) is 0 Å². The van der Waals surface area contributed by atoms with Crippen molar-refractivity contribution in [3.8, 4) is 11.5 Å². The number of nitrogens with one attached hydrogen (secondary N) is 2. The Morgan fingerprint density at radius 1 is 1.36 bits per heavy atom. The maximum absolute atomic E-state index is 12.0. The van der Waals surface area contributed by atoms with Gasteiger partial charge in [0.25, 0.3) is 0 Å². The van der Waals surface area contributed by atoms with Gasteiger partial charge in [-0.3, -0.25) is 4.79 Å². The van der Waals surface area contributed by atoms with Gasteiger partial charge in [0.15, 0.2) is 11.5 Å². The van der Waals surface area contributed by atoms with E-state index in [1.807, 2.05) is 18.2 Å². The molecule has 1 saturated heterocycles. The second-order valence-corrected chi connectivity index (χ2v) is 7.19. The molecule has 0 bridgehead atoms. The van der Waals surface area contributed by atoms with Crippen LogP contribution in [-0.4, -0.2) is 32.7 Å². The van der Waals surface area contributed by atoms with E-state index in [2.05, 4.69) is 24.5 Å². The molecule has 1 aliphatic rings. The fourth-order valence-corrected chi connectivity index (χ4v) is 2.93. The molecule has 1 atom stereocenters. The molecule has 2 rings (SSSR count). The molecular formula is C20H32N2O3. The second-order valence-electron chi connectivity index (χ2n) is 7.19. The van der Waals surface area contributed by atoms with Crippen molar-refractivity contribution in [1.82, 2.24) is 10.6 Å². The third kappa shape index (κ3) is 6.94. The number of methoxy groups -OCH3 is 1. The number of amides is 1. The molecule has 0 radical (unpaired) electrons. The highest BCUT2D eigenvalue weighted by Crippen LogP contribution is 2.28. The predicted octanol–water partition coefficient (Wildman–Crippen LogP) is 3.13. The van der Waals surface area contributed by atoms with Gasteiger partial charge < -0.3 is 20.1 Å². The standard InChI is InChI=1S/C20H32N2O3/c1-15(2)9-11-25-18-6-4-17(12-19(18)24-3)14-22-20(23)7-5-16-8-10-21-13-16/h4,6,12,15-16,21H,5,7-11,13-14H2,1-3H3,(H,22,23). The normalized spacial score (nSPS) is 16.9. The summed E-state index contributed by atoms with van der Waals surface area (Å²) in [5, 5.41) is 6.33. The monoisotopic (exact) mass is 348 g/mol. The third-order valence-corrected chi connectivity index (χ3v) is 4.61. The van der Waals surface area contributed by atoms with Crippen LogP contribution >= 0.6 is 0 Å². The maximum Gasteiger partial charge on any atom is 0.220 e. The van der Waals surface area contributed by atoms with Crippen molar-refractivity contribution in [2.24, 2.45) is 11.8 Å². The first kappa shape index (κ1) is 19.6. The molecule has 5 heteroatoms. The first-order valence-corrected chi connectivity index (χ1v) is 9.35. The molecule has 1 fully saturated rings. The molecule has 0 spiro atoms. The van der Waals surface area contributed by atoms with E-state index in [1.165, 1.54) is 6.42 Å². The van der Waals surface area contributed by atoms with Crippen molar-refractivity contribution in [3.05, 3.63) is 23.8 Å². The lowest BCUT2D eigenvalue weighted by Crippen LogP contribution is -2.23. The Hall–Kier alpha value is -1.75. The van der Waals surface area contributed by atoms with E-state index in [0.717, 1.165) is 37.2 Å². The molecule has 1 aliphatic heterocycles. The molecule has 1 aromatic carbocycles. The summed E-state index contributed by atoms with van der Waals surface area (Å²) in [7, 11) is 1.64. The van der Waals surface area contributed by atoms with Gasteiger partial charge in [-0.1, -0.05) is 19.9 Å². The first-order chi connectivity index (χ1) is 12.1. The summed E-state index contributed by atoms with van der Waals surface area (Å²) >= 11 is 0. The number of benzene rings is 1. The van der Waals surface area contributed by atoms with Gasteiger partial charge in [-0.2, -0.15) is 0 Å². The maximum atomic E-state index is 12.0. The van der Waals surface area contributed by atoms with Crippen molar-refractivity contribution >= 4 is 5.91 Å². The van der Waals surface area contributed by atoms with Crippen LogP contribution in [-0.2, 0) is 11.3 Å². The predicted molar refractivity (Wildman–Crippen MR) is 100 cm³/mol. The van der Waals surface area contributed by atoms with Crippen LogP contribution in [0.15, 0.2) is 18.2 Å². The summed E-state index contributed by atoms with van der Waals surface area (Å²) < 4.78 is 11.2. The van der Waals surface area contributed by atoms with Gasteiger partial charge in [-0.05, 0) is 61.9 Å².